The van der Waals surface area contributed by atoms with Gasteiger partial charge in [0.2, 0.25) is 5.91 Å². The highest BCUT2D eigenvalue weighted by atomic mass is 79.9. The number of halogens is 1. The number of carbonyl (C=O) groups excluding carboxylic acids is 1. The van der Waals surface area contributed by atoms with Gasteiger partial charge in [-0.1, -0.05) is 22.0 Å². The number of aromatic hydroxyl groups is 1. The van der Waals surface area contributed by atoms with Crippen molar-refractivity contribution in [2.24, 2.45) is 0 Å². The maximum atomic E-state index is 11.6. The number of benzene rings is 1. The van der Waals surface area contributed by atoms with Gasteiger partial charge in [0.1, 0.15) is 5.75 Å². The van der Waals surface area contributed by atoms with Crippen LogP contribution in [0, 0.1) is 6.92 Å². The van der Waals surface area contributed by atoms with Crippen LogP contribution in [0.1, 0.15) is 19.4 Å². The molecule has 2 N–H and O–H groups in total. The Morgan fingerprint density at radius 1 is 1.47 bits per heavy atom. The van der Waals surface area contributed by atoms with Crippen LogP contribution in [-0.2, 0) is 4.79 Å². The zero-order chi connectivity index (χ0) is 11.6. The molecule has 4 heteroatoms. The molecule has 0 radical (unpaired) electrons. The lowest BCUT2D eigenvalue weighted by molar-refractivity contribution is -0.117. The van der Waals surface area contributed by atoms with Crippen molar-refractivity contribution in [1.82, 2.24) is 0 Å². The number of alkyl halides is 1. The third-order valence-electron chi connectivity index (χ3n) is 1.94. The average molecular weight is 272 g/mol. The zero-order valence-corrected chi connectivity index (χ0v) is 10.6. The minimum atomic E-state index is -0.650. The number of phenolic OH excluding ortho intramolecular Hbond substituents is 1. The normalized spacial score (nSPS) is 11.2. The maximum absolute atomic E-state index is 11.6. The van der Waals surface area contributed by atoms with Crippen molar-refractivity contribution in [3.63, 3.8) is 0 Å². The van der Waals surface area contributed by atoms with Crippen LogP contribution in [0.3, 0.4) is 0 Å². The highest BCUT2D eigenvalue weighted by molar-refractivity contribution is 9.10. The Balaban J connectivity index is 2.90. The van der Waals surface area contributed by atoms with Gasteiger partial charge in [0, 0.05) is 0 Å². The van der Waals surface area contributed by atoms with Gasteiger partial charge in [-0.15, -0.1) is 0 Å². The van der Waals surface area contributed by atoms with Crippen molar-refractivity contribution >= 4 is 27.5 Å². The Hall–Kier alpha value is -1.03. The molecule has 0 spiro atoms. The van der Waals surface area contributed by atoms with Crippen molar-refractivity contribution in [2.75, 3.05) is 5.32 Å². The molecule has 1 aromatic rings. The summed E-state index contributed by atoms with van der Waals surface area (Å²) in [4.78, 5) is 11.6. The fraction of sp³-hybridized carbons (Fsp3) is 0.364. The number of amides is 1. The molecule has 0 heterocycles. The van der Waals surface area contributed by atoms with E-state index in [2.05, 4.69) is 21.2 Å². The van der Waals surface area contributed by atoms with Crippen LogP contribution in [-0.4, -0.2) is 15.3 Å². The number of hydrogen-bond acceptors (Lipinski definition) is 2. The first-order chi connectivity index (χ1) is 6.80. The topological polar surface area (TPSA) is 49.3 Å². The van der Waals surface area contributed by atoms with E-state index in [1.165, 1.54) is 0 Å². The Morgan fingerprint density at radius 3 is 2.60 bits per heavy atom. The van der Waals surface area contributed by atoms with Crippen molar-refractivity contribution in [3.05, 3.63) is 23.8 Å². The van der Waals surface area contributed by atoms with Crippen LogP contribution in [0.15, 0.2) is 18.2 Å². The van der Waals surface area contributed by atoms with Crippen LogP contribution < -0.4 is 5.32 Å². The highest BCUT2D eigenvalue weighted by Crippen LogP contribution is 2.26. The third-order valence-corrected chi connectivity index (χ3v) is 2.30. The first-order valence-corrected chi connectivity index (χ1v) is 5.40. The number of anilines is 1. The summed E-state index contributed by atoms with van der Waals surface area (Å²) in [6, 6.07) is 5.07. The van der Waals surface area contributed by atoms with E-state index in [0.29, 0.717) is 5.69 Å². The summed E-state index contributed by atoms with van der Waals surface area (Å²) >= 11 is 3.25. The average Bonchev–Trinajstić information content (AvgIpc) is 2.09. The predicted octanol–water partition coefficient (Wildman–Crippen LogP) is 2.81. The summed E-state index contributed by atoms with van der Waals surface area (Å²) in [7, 11) is 0. The molecule has 3 nitrogen and oxygen atoms in total. The highest BCUT2D eigenvalue weighted by Gasteiger charge is 2.24. The van der Waals surface area contributed by atoms with Gasteiger partial charge < -0.3 is 10.4 Å². The largest absolute Gasteiger partial charge is 0.506 e. The van der Waals surface area contributed by atoms with Crippen LogP contribution in [0.4, 0.5) is 5.69 Å². The smallest absolute Gasteiger partial charge is 0.240 e. The van der Waals surface area contributed by atoms with Gasteiger partial charge in [0.25, 0.3) is 0 Å². The second-order valence-corrected chi connectivity index (χ2v) is 5.93. The van der Waals surface area contributed by atoms with E-state index in [1.54, 1.807) is 32.0 Å². The van der Waals surface area contributed by atoms with E-state index in [-0.39, 0.29) is 11.7 Å². The monoisotopic (exact) mass is 271 g/mol. The molecule has 0 aliphatic carbocycles. The standard InChI is InChI=1S/C11H14BrNO2/c1-7-4-5-9(14)8(6-7)13-10(15)11(2,3)12/h4-6,14H,1-3H3,(H,13,15). The minimum Gasteiger partial charge on any atom is -0.506 e. The number of carbonyl (C=O) groups is 1. The lowest BCUT2D eigenvalue weighted by Gasteiger charge is -2.16. The van der Waals surface area contributed by atoms with Gasteiger partial charge in [-0.05, 0) is 38.5 Å². The number of hydrogen-bond donors (Lipinski definition) is 2. The van der Waals surface area contributed by atoms with Gasteiger partial charge in [-0.25, -0.2) is 0 Å². The molecule has 1 aromatic carbocycles. The summed E-state index contributed by atoms with van der Waals surface area (Å²) in [5.74, 6) is -0.117. The summed E-state index contributed by atoms with van der Waals surface area (Å²) in [6.07, 6.45) is 0. The van der Waals surface area contributed by atoms with Crippen molar-refractivity contribution < 1.29 is 9.90 Å². The molecule has 15 heavy (non-hydrogen) atoms. The van der Waals surface area contributed by atoms with Gasteiger partial charge >= 0.3 is 0 Å². The Labute approximate surface area is 97.6 Å². The fourth-order valence-electron chi connectivity index (χ4n) is 1.02. The fourth-order valence-corrected chi connectivity index (χ4v) is 1.12. The van der Waals surface area contributed by atoms with E-state index >= 15 is 0 Å². The van der Waals surface area contributed by atoms with E-state index in [4.69, 9.17) is 0 Å². The number of aryl methyl sites for hydroxylation is 1. The lowest BCUT2D eigenvalue weighted by Crippen LogP contribution is -2.30. The number of phenols is 1. The molecule has 0 aliphatic rings. The van der Waals surface area contributed by atoms with Crippen molar-refractivity contribution in [1.29, 1.82) is 0 Å². The maximum Gasteiger partial charge on any atom is 0.240 e. The Bertz CT molecular complexity index is 383. The molecule has 0 aromatic heterocycles. The third kappa shape index (κ3) is 3.23. The van der Waals surface area contributed by atoms with Crippen LogP contribution in [0.2, 0.25) is 0 Å². The van der Waals surface area contributed by atoms with E-state index in [9.17, 15) is 9.90 Å². The van der Waals surface area contributed by atoms with E-state index in [0.717, 1.165) is 5.56 Å². The van der Waals surface area contributed by atoms with Crippen LogP contribution >= 0.6 is 15.9 Å². The molecule has 0 fully saturated rings. The van der Waals surface area contributed by atoms with Crippen molar-refractivity contribution in [2.45, 2.75) is 25.1 Å². The molecule has 0 saturated heterocycles. The number of rotatable bonds is 2. The number of nitrogens with one attached hydrogen (secondary N) is 1. The van der Waals surface area contributed by atoms with Crippen LogP contribution in [0.5, 0.6) is 5.75 Å². The quantitative estimate of drug-likeness (QED) is 0.642. The molecule has 82 valence electrons. The van der Waals surface area contributed by atoms with Gasteiger partial charge in [-0.2, -0.15) is 0 Å². The molecular formula is C11H14BrNO2. The summed E-state index contributed by atoms with van der Waals surface area (Å²) in [5, 5.41) is 12.2. The Kier molecular flexibility index (Phi) is 3.39. The zero-order valence-electron chi connectivity index (χ0n) is 8.97. The first-order valence-electron chi connectivity index (χ1n) is 4.60. The van der Waals surface area contributed by atoms with Crippen LogP contribution in [0.25, 0.3) is 0 Å². The molecular weight excluding hydrogens is 258 g/mol. The van der Waals surface area contributed by atoms with Gasteiger partial charge in [-0.3, -0.25) is 4.79 Å². The van der Waals surface area contributed by atoms with E-state index in [1.807, 2.05) is 6.92 Å². The molecule has 1 rings (SSSR count). The lowest BCUT2D eigenvalue weighted by atomic mass is 10.1. The summed E-state index contributed by atoms with van der Waals surface area (Å²) in [5.41, 5.74) is 1.42. The molecule has 0 aliphatic heterocycles. The Morgan fingerprint density at radius 2 is 2.07 bits per heavy atom. The summed E-state index contributed by atoms with van der Waals surface area (Å²) in [6.45, 7) is 5.39. The minimum absolute atomic E-state index is 0.0747. The summed E-state index contributed by atoms with van der Waals surface area (Å²) < 4.78 is -0.650. The molecule has 0 atom stereocenters. The molecule has 0 bridgehead atoms. The molecule has 1 amide bonds. The second kappa shape index (κ2) is 4.23. The van der Waals surface area contributed by atoms with Gasteiger partial charge in [0.15, 0.2) is 0 Å². The first kappa shape index (κ1) is 12.0. The predicted molar refractivity (Wildman–Crippen MR) is 64.5 cm³/mol. The van der Waals surface area contributed by atoms with E-state index < -0.39 is 4.32 Å². The van der Waals surface area contributed by atoms with Gasteiger partial charge in [0.05, 0.1) is 10.0 Å². The molecule has 0 saturated carbocycles. The van der Waals surface area contributed by atoms with Crippen molar-refractivity contribution in [3.8, 4) is 5.75 Å². The SMILES string of the molecule is Cc1ccc(O)c(NC(=O)C(C)(C)Br)c1. The second-order valence-electron chi connectivity index (χ2n) is 3.95. The molecule has 0 unspecified atom stereocenters.